The van der Waals surface area contributed by atoms with Crippen LogP contribution >= 0.6 is 11.6 Å². The Morgan fingerprint density at radius 3 is 2.10 bits per heavy atom. The molecule has 170 valence electrons. The quantitative estimate of drug-likeness (QED) is 0.583. The number of aryl methyl sites for hydroxylation is 1. The van der Waals surface area contributed by atoms with Gasteiger partial charge in [-0.25, -0.2) is 8.42 Å². The number of halogens is 1. The third kappa shape index (κ3) is 7.54. The average molecular weight is 465 g/mol. The Bertz CT molecular complexity index is 1040. The van der Waals surface area contributed by atoms with Gasteiger partial charge >= 0.3 is 0 Å². The van der Waals surface area contributed by atoms with Gasteiger partial charge in [-0.15, -0.1) is 0 Å². The van der Waals surface area contributed by atoms with Gasteiger partial charge in [0.25, 0.3) is 5.91 Å². The van der Waals surface area contributed by atoms with Crippen LogP contribution in [0.1, 0.15) is 62.5 Å². The molecule has 0 aliphatic rings. The molecular weight excluding hydrogens is 432 g/mol. The number of sulfonamides is 1. The first-order chi connectivity index (χ1) is 14.1. The van der Waals surface area contributed by atoms with Crippen LogP contribution < -0.4 is 9.62 Å². The van der Waals surface area contributed by atoms with Crippen molar-refractivity contribution in [1.82, 2.24) is 5.32 Å². The number of nitrogens with one attached hydrogen (secondary N) is 1. The van der Waals surface area contributed by atoms with Crippen molar-refractivity contribution in [3.63, 3.8) is 0 Å². The van der Waals surface area contributed by atoms with E-state index in [4.69, 9.17) is 11.6 Å². The summed E-state index contributed by atoms with van der Waals surface area (Å²) in [5.41, 5.74) is 2.44. The fraction of sp³-hybridized carbons (Fsp3) is 0.458. The van der Waals surface area contributed by atoms with Crippen LogP contribution in [0.15, 0.2) is 42.5 Å². The van der Waals surface area contributed by atoms with Gasteiger partial charge in [-0.1, -0.05) is 50.6 Å². The second kappa shape index (κ2) is 9.21. The summed E-state index contributed by atoms with van der Waals surface area (Å²) in [5, 5.41) is 3.60. The number of anilines is 1. The van der Waals surface area contributed by atoms with Gasteiger partial charge in [0.1, 0.15) is 0 Å². The second-order valence-electron chi connectivity index (χ2n) is 9.98. The number of benzene rings is 2. The van der Waals surface area contributed by atoms with Gasteiger partial charge in [0.15, 0.2) is 0 Å². The van der Waals surface area contributed by atoms with Gasteiger partial charge in [-0.05, 0) is 68.0 Å². The van der Waals surface area contributed by atoms with Gasteiger partial charge in [-0.3, -0.25) is 9.10 Å². The molecule has 0 unspecified atom stereocenters. The molecule has 0 aliphatic heterocycles. The first-order valence-electron chi connectivity index (χ1n) is 10.2. The van der Waals surface area contributed by atoms with E-state index in [1.807, 2.05) is 20.8 Å². The topological polar surface area (TPSA) is 66.5 Å². The number of hydrogen-bond acceptors (Lipinski definition) is 3. The lowest BCUT2D eigenvalue weighted by Gasteiger charge is -2.33. The lowest BCUT2D eigenvalue weighted by Crippen LogP contribution is -2.45. The number of nitrogens with zero attached hydrogens (tertiary/aromatic N) is 1. The molecule has 2 rings (SSSR count). The third-order valence-electron chi connectivity index (χ3n) is 4.81. The minimum atomic E-state index is -3.52. The van der Waals surface area contributed by atoms with Crippen molar-refractivity contribution in [3.8, 4) is 0 Å². The van der Waals surface area contributed by atoms with Crippen molar-refractivity contribution in [2.45, 2.75) is 60.0 Å². The normalized spacial score (nSPS) is 12.5. The summed E-state index contributed by atoms with van der Waals surface area (Å²) in [5.74, 6) is -0.147. The van der Waals surface area contributed by atoms with Crippen molar-refractivity contribution in [1.29, 1.82) is 0 Å². The molecule has 7 heteroatoms. The number of hydrogen-bond donors (Lipinski definition) is 1. The Morgan fingerprint density at radius 1 is 1.03 bits per heavy atom. The van der Waals surface area contributed by atoms with Crippen molar-refractivity contribution in [3.05, 3.63) is 64.2 Å². The van der Waals surface area contributed by atoms with Crippen LogP contribution in [0.4, 0.5) is 5.69 Å². The maximum Gasteiger partial charge on any atom is 0.251 e. The molecule has 1 N–H and O–H groups in total. The maximum absolute atomic E-state index is 12.7. The highest BCUT2D eigenvalue weighted by Gasteiger charge is 2.27. The van der Waals surface area contributed by atoms with Gasteiger partial charge in [-0.2, -0.15) is 0 Å². The standard InChI is InChI=1S/C24H33ClN2O3S/c1-17-8-13-20(14-21(17)25)27(31(7,29)30)15-18-9-11-19(12-10-18)22(28)26-24(5,6)16-23(2,3)4/h8-14H,15-16H2,1-7H3,(H,26,28). The maximum atomic E-state index is 12.7. The van der Waals surface area contributed by atoms with E-state index in [1.165, 1.54) is 10.6 Å². The van der Waals surface area contributed by atoms with Crippen LogP contribution in [0.2, 0.25) is 5.02 Å². The van der Waals surface area contributed by atoms with Crippen molar-refractivity contribution < 1.29 is 13.2 Å². The summed E-state index contributed by atoms with van der Waals surface area (Å²) in [6.07, 6.45) is 2.01. The average Bonchev–Trinajstić information content (AvgIpc) is 2.59. The van der Waals surface area contributed by atoms with Crippen LogP contribution in [0.3, 0.4) is 0 Å². The number of rotatable bonds is 7. The summed E-state index contributed by atoms with van der Waals surface area (Å²) in [4.78, 5) is 12.7. The van der Waals surface area contributed by atoms with Crippen LogP contribution in [0.5, 0.6) is 0 Å². The van der Waals surface area contributed by atoms with Crippen molar-refractivity contribution in [2.24, 2.45) is 5.41 Å². The first-order valence-corrected chi connectivity index (χ1v) is 12.5. The predicted molar refractivity (Wildman–Crippen MR) is 129 cm³/mol. The first kappa shape index (κ1) is 25.2. The Labute approximate surface area is 191 Å². The smallest absolute Gasteiger partial charge is 0.251 e. The fourth-order valence-electron chi connectivity index (χ4n) is 3.81. The summed E-state index contributed by atoms with van der Waals surface area (Å²) in [6, 6.07) is 12.2. The monoisotopic (exact) mass is 464 g/mol. The molecule has 0 radical (unpaired) electrons. The van der Waals surface area contributed by atoms with E-state index in [2.05, 4.69) is 26.1 Å². The molecule has 0 saturated carbocycles. The van der Waals surface area contributed by atoms with E-state index >= 15 is 0 Å². The zero-order chi connectivity index (χ0) is 23.6. The molecule has 0 bridgehead atoms. The predicted octanol–water partition coefficient (Wildman–Crippen LogP) is 5.56. The minimum absolute atomic E-state index is 0.0919. The Hall–Kier alpha value is -2.05. The second-order valence-corrected chi connectivity index (χ2v) is 12.3. The zero-order valence-corrected chi connectivity index (χ0v) is 21.0. The van der Waals surface area contributed by atoms with Crippen LogP contribution in [-0.4, -0.2) is 26.1 Å². The zero-order valence-electron chi connectivity index (χ0n) is 19.4. The summed E-state index contributed by atoms with van der Waals surface area (Å²) >= 11 is 6.19. The van der Waals surface area contributed by atoms with Crippen molar-refractivity contribution >= 4 is 33.2 Å². The molecule has 0 saturated heterocycles. The van der Waals surface area contributed by atoms with E-state index in [0.29, 0.717) is 16.3 Å². The van der Waals surface area contributed by atoms with E-state index in [-0.39, 0.29) is 23.4 Å². The van der Waals surface area contributed by atoms with Crippen LogP contribution in [0, 0.1) is 12.3 Å². The van der Waals surface area contributed by atoms with E-state index < -0.39 is 10.0 Å². The molecular formula is C24H33ClN2O3S. The molecule has 0 fully saturated rings. The Balaban J connectivity index is 2.19. The molecule has 0 aliphatic carbocycles. The molecule has 0 spiro atoms. The highest BCUT2D eigenvalue weighted by Crippen LogP contribution is 2.28. The van der Waals surface area contributed by atoms with E-state index in [0.717, 1.165) is 17.5 Å². The van der Waals surface area contributed by atoms with Gasteiger partial charge in [0.2, 0.25) is 10.0 Å². The summed E-state index contributed by atoms with van der Waals surface area (Å²) in [7, 11) is -3.52. The Morgan fingerprint density at radius 2 is 1.61 bits per heavy atom. The third-order valence-corrected chi connectivity index (χ3v) is 6.36. The molecule has 0 atom stereocenters. The van der Waals surface area contributed by atoms with Crippen LogP contribution in [0.25, 0.3) is 0 Å². The minimum Gasteiger partial charge on any atom is -0.347 e. The highest BCUT2D eigenvalue weighted by molar-refractivity contribution is 7.92. The number of amides is 1. The molecule has 5 nitrogen and oxygen atoms in total. The van der Waals surface area contributed by atoms with E-state index in [1.54, 1.807) is 42.5 Å². The molecule has 31 heavy (non-hydrogen) atoms. The van der Waals surface area contributed by atoms with Gasteiger partial charge in [0.05, 0.1) is 18.5 Å². The number of carbonyl (C=O) groups excluding carboxylic acids is 1. The summed E-state index contributed by atoms with van der Waals surface area (Å²) < 4.78 is 26.1. The fourth-order valence-corrected chi connectivity index (χ4v) is 4.87. The number of carbonyl (C=O) groups is 1. The van der Waals surface area contributed by atoms with Gasteiger partial charge < -0.3 is 5.32 Å². The molecule has 2 aromatic carbocycles. The lowest BCUT2D eigenvalue weighted by molar-refractivity contribution is 0.0891. The molecule has 1 amide bonds. The van der Waals surface area contributed by atoms with Crippen LogP contribution in [-0.2, 0) is 16.6 Å². The van der Waals surface area contributed by atoms with Gasteiger partial charge in [0, 0.05) is 16.1 Å². The highest BCUT2D eigenvalue weighted by atomic mass is 35.5. The Kier molecular flexibility index (Phi) is 7.49. The molecule has 0 aromatic heterocycles. The molecule has 0 heterocycles. The largest absolute Gasteiger partial charge is 0.347 e. The van der Waals surface area contributed by atoms with Crippen molar-refractivity contribution in [2.75, 3.05) is 10.6 Å². The molecule has 2 aromatic rings. The SMILES string of the molecule is Cc1ccc(N(Cc2ccc(C(=O)NC(C)(C)CC(C)(C)C)cc2)S(C)(=O)=O)cc1Cl. The van der Waals surface area contributed by atoms with E-state index in [9.17, 15) is 13.2 Å². The lowest BCUT2D eigenvalue weighted by atomic mass is 9.81. The summed E-state index contributed by atoms with van der Waals surface area (Å²) in [6.45, 7) is 12.5.